The number of nitrogens with one attached hydrogen (secondary N) is 1. The first-order chi connectivity index (χ1) is 6.31. The molecule has 0 fully saturated rings. The van der Waals surface area contributed by atoms with Crippen LogP contribution < -0.4 is 5.32 Å². The molecular weight excluding hydrogens is 186 g/mol. The number of hydrogen-bond donors (Lipinski definition) is 1. The monoisotopic (exact) mass is 195 g/mol. The van der Waals surface area contributed by atoms with Crippen LogP contribution in [0.15, 0.2) is 18.2 Å². The lowest BCUT2D eigenvalue weighted by molar-refractivity contribution is -0.108. The molecule has 0 aromatic heterocycles. The predicted molar refractivity (Wildman–Crippen MR) is 53.2 cm³/mol. The molecule has 0 saturated heterocycles. The van der Waals surface area contributed by atoms with E-state index >= 15 is 0 Å². The summed E-state index contributed by atoms with van der Waals surface area (Å²) in [5.41, 5.74) is 2.12. The predicted octanol–water partition coefficient (Wildman–Crippen LogP) is 2.27. The van der Waals surface area contributed by atoms with E-state index in [0.717, 1.165) is 24.8 Å². The molecule has 1 aliphatic rings. The third-order valence-electron chi connectivity index (χ3n) is 2.32. The summed E-state index contributed by atoms with van der Waals surface area (Å²) in [4.78, 5) is 10.6. The van der Waals surface area contributed by atoms with Gasteiger partial charge in [-0.2, -0.15) is 0 Å². The summed E-state index contributed by atoms with van der Waals surface area (Å²) in [5, 5.41) is 3.81. The summed E-state index contributed by atoms with van der Waals surface area (Å²) in [5.74, 6) is 0. The van der Waals surface area contributed by atoms with Gasteiger partial charge in [0.15, 0.2) is 0 Å². The number of rotatable bonds is 1. The number of carbonyl (C=O) groups is 1. The van der Waals surface area contributed by atoms with Gasteiger partial charge in [-0.25, -0.2) is 0 Å². The van der Waals surface area contributed by atoms with Crippen molar-refractivity contribution in [3.05, 3.63) is 28.8 Å². The molecule has 0 saturated carbocycles. The molecule has 1 heterocycles. The Morgan fingerprint density at radius 1 is 1.54 bits per heavy atom. The molecule has 1 atom stereocenters. The second-order valence-corrected chi connectivity index (χ2v) is 3.61. The number of carbonyl (C=O) groups excluding carboxylic acids is 1. The molecule has 0 radical (unpaired) electrons. The standard InChI is InChI=1S/C10H10ClNO/c11-9-3-1-2-7-4-5-8(6-13)12-10(7)9/h1-3,6,8,12H,4-5H2. The summed E-state index contributed by atoms with van der Waals surface area (Å²) in [6.45, 7) is 0. The molecule has 1 aliphatic heterocycles. The number of fused-ring (bicyclic) bond motifs is 1. The lowest BCUT2D eigenvalue weighted by Gasteiger charge is -2.23. The molecule has 0 spiro atoms. The normalized spacial score (nSPS) is 20.2. The van der Waals surface area contributed by atoms with E-state index in [-0.39, 0.29) is 6.04 Å². The van der Waals surface area contributed by atoms with E-state index in [1.165, 1.54) is 5.56 Å². The Bertz CT molecular complexity index is 338. The maximum absolute atomic E-state index is 10.6. The van der Waals surface area contributed by atoms with Gasteiger partial charge in [0.05, 0.1) is 16.8 Å². The van der Waals surface area contributed by atoms with Gasteiger partial charge in [0.2, 0.25) is 0 Å². The van der Waals surface area contributed by atoms with Crippen molar-refractivity contribution >= 4 is 23.6 Å². The van der Waals surface area contributed by atoms with Crippen LogP contribution in [0.2, 0.25) is 5.02 Å². The van der Waals surface area contributed by atoms with E-state index < -0.39 is 0 Å². The van der Waals surface area contributed by atoms with Gasteiger partial charge in [-0.05, 0) is 24.5 Å². The lowest BCUT2D eigenvalue weighted by atomic mass is 9.99. The molecule has 0 aliphatic carbocycles. The van der Waals surface area contributed by atoms with Crippen molar-refractivity contribution in [2.24, 2.45) is 0 Å². The van der Waals surface area contributed by atoms with Crippen molar-refractivity contribution in [3.8, 4) is 0 Å². The van der Waals surface area contributed by atoms with Crippen LogP contribution in [0.1, 0.15) is 12.0 Å². The third-order valence-corrected chi connectivity index (χ3v) is 2.63. The zero-order valence-corrected chi connectivity index (χ0v) is 7.84. The minimum absolute atomic E-state index is 0.0765. The summed E-state index contributed by atoms with van der Waals surface area (Å²) < 4.78 is 0. The van der Waals surface area contributed by atoms with E-state index in [1.54, 1.807) is 0 Å². The van der Waals surface area contributed by atoms with E-state index in [1.807, 2.05) is 18.2 Å². The van der Waals surface area contributed by atoms with Crippen LogP contribution in [0, 0.1) is 0 Å². The van der Waals surface area contributed by atoms with Crippen LogP contribution in [-0.4, -0.2) is 12.3 Å². The largest absolute Gasteiger partial charge is 0.374 e. The Hall–Kier alpha value is -1.02. The molecule has 1 N–H and O–H groups in total. The Morgan fingerprint density at radius 3 is 3.15 bits per heavy atom. The number of aldehydes is 1. The van der Waals surface area contributed by atoms with Crippen LogP contribution in [0.25, 0.3) is 0 Å². The molecule has 2 rings (SSSR count). The van der Waals surface area contributed by atoms with Crippen molar-refractivity contribution < 1.29 is 4.79 Å². The zero-order valence-electron chi connectivity index (χ0n) is 7.09. The molecule has 1 unspecified atom stereocenters. The quantitative estimate of drug-likeness (QED) is 0.697. The Labute approximate surface area is 81.9 Å². The first-order valence-corrected chi connectivity index (χ1v) is 4.68. The number of aryl methyl sites for hydroxylation is 1. The average Bonchev–Trinajstić information content (AvgIpc) is 2.18. The second-order valence-electron chi connectivity index (χ2n) is 3.20. The number of anilines is 1. The highest BCUT2D eigenvalue weighted by Crippen LogP contribution is 2.31. The van der Waals surface area contributed by atoms with Crippen molar-refractivity contribution in [3.63, 3.8) is 0 Å². The van der Waals surface area contributed by atoms with Gasteiger partial charge in [-0.3, -0.25) is 0 Å². The summed E-state index contributed by atoms with van der Waals surface area (Å²) in [6, 6.07) is 5.73. The van der Waals surface area contributed by atoms with Crippen LogP contribution in [-0.2, 0) is 11.2 Å². The maximum atomic E-state index is 10.6. The summed E-state index contributed by atoms with van der Waals surface area (Å²) in [6.07, 6.45) is 2.72. The first-order valence-electron chi connectivity index (χ1n) is 4.30. The molecule has 0 bridgehead atoms. The number of para-hydroxylation sites is 1. The molecule has 2 nitrogen and oxygen atoms in total. The second kappa shape index (κ2) is 3.38. The minimum Gasteiger partial charge on any atom is -0.374 e. The van der Waals surface area contributed by atoms with Crippen LogP contribution >= 0.6 is 11.6 Å². The van der Waals surface area contributed by atoms with E-state index in [0.29, 0.717) is 5.02 Å². The molecular formula is C10H10ClNO. The maximum Gasteiger partial charge on any atom is 0.142 e. The number of halogens is 1. The molecule has 13 heavy (non-hydrogen) atoms. The van der Waals surface area contributed by atoms with Crippen LogP contribution in [0.4, 0.5) is 5.69 Å². The van der Waals surface area contributed by atoms with Gasteiger partial charge in [0, 0.05) is 0 Å². The van der Waals surface area contributed by atoms with Crippen molar-refractivity contribution in [2.75, 3.05) is 5.32 Å². The van der Waals surface area contributed by atoms with Gasteiger partial charge in [0.25, 0.3) is 0 Å². The highest BCUT2D eigenvalue weighted by Gasteiger charge is 2.18. The Morgan fingerprint density at radius 2 is 2.38 bits per heavy atom. The van der Waals surface area contributed by atoms with Crippen LogP contribution in [0.5, 0.6) is 0 Å². The number of benzene rings is 1. The summed E-state index contributed by atoms with van der Waals surface area (Å²) in [7, 11) is 0. The lowest BCUT2D eigenvalue weighted by Crippen LogP contribution is -2.26. The molecule has 1 aromatic rings. The smallest absolute Gasteiger partial charge is 0.142 e. The van der Waals surface area contributed by atoms with E-state index in [2.05, 4.69) is 5.32 Å². The first kappa shape index (κ1) is 8.57. The topological polar surface area (TPSA) is 29.1 Å². The van der Waals surface area contributed by atoms with Gasteiger partial charge >= 0.3 is 0 Å². The van der Waals surface area contributed by atoms with E-state index in [9.17, 15) is 4.79 Å². The van der Waals surface area contributed by atoms with Gasteiger partial charge in [-0.1, -0.05) is 23.7 Å². The van der Waals surface area contributed by atoms with Crippen molar-refractivity contribution in [1.82, 2.24) is 0 Å². The van der Waals surface area contributed by atoms with Crippen molar-refractivity contribution in [2.45, 2.75) is 18.9 Å². The number of hydrogen-bond acceptors (Lipinski definition) is 2. The Balaban J connectivity index is 2.37. The zero-order chi connectivity index (χ0) is 9.26. The minimum atomic E-state index is -0.0765. The molecule has 3 heteroatoms. The molecule has 0 amide bonds. The fourth-order valence-electron chi connectivity index (χ4n) is 1.61. The summed E-state index contributed by atoms with van der Waals surface area (Å²) >= 11 is 5.99. The fourth-order valence-corrected chi connectivity index (χ4v) is 1.86. The molecule has 68 valence electrons. The van der Waals surface area contributed by atoms with Gasteiger partial charge < -0.3 is 10.1 Å². The van der Waals surface area contributed by atoms with Crippen molar-refractivity contribution in [1.29, 1.82) is 0 Å². The fraction of sp³-hybridized carbons (Fsp3) is 0.300. The van der Waals surface area contributed by atoms with E-state index in [4.69, 9.17) is 11.6 Å². The Kier molecular flexibility index (Phi) is 2.23. The molecule has 1 aromatic carbocycles. The average molecular weight is 196 g/mol. The van der Waals surface area contributed by atoms with Gasteiger partial charge in [-0.15, -0.1) is 0 Å². The SMILES string of the molecule is O=CC1CCc2cccc(Cl)c2N1. The highest BCUT2D eigenvalue weighted by atomic mass is 35.5. The third kappa shape index (κ3) is 1.54. The van der Waals surface area contributed by atoms with Gasteiger partial charge in [0.1, 0.15) is 6.29 Å². The van der Waals surface area contributed by atoms with Crippen LogP contribution in [0.3, 0.4) is 0 Å². The highest BCUT2D eigenvalue weighted by molar-refractivity contribution is 6.33.